The summed E-state index contributed by atoms with van der Waals surface area (Å²) in [5.74, 6) is 1.55. The van der Waals surface area contributed by atoms with Crippen LogP contribution in [-0.4, -0.2) is 32.9 Å². The minimum absolute atomic E-state index is 0.121. The molecule has 1 fully saturated rings. The van der Waals surface area contributed by atoms with E-state index >= 15 is 0 Å². The number of rotatable bonds is 11. The number of esters is 1. The summed E-state index contributed by atoms with van der Waals surface area (Å²) in [6.07, 6.45) is 7.50. The topological polar surface area (TPSA) is 54.0 Å². The third kappa shape index (κ3) is 7.37. The van der Waals surface area contributed by atoms with Crippen molar-refractivity contribution < 1.29 is 23.7 Å². The zero-order valence-corrected chi connectivity index (χ0v) is 18.7. The lowest BCUT2D eigenvalue weighted by Gasteiger charge is -2.30. The molecule has 0 spiro atoms. The van der Waals surface area contributed by atoms with Crippen molar-refractivity contribution >= 4 is 5.97 Å². The van der Waals surface area contributed by atoms with Gasteiger partial charge in [-0.15, -0.1) is 0 Å². The fourth-order valence-corrected chi connectivity index (χ4v) is 3.89. The van der Waals surface area contributed by atoms with Crippen LogP contribution in [-0.2, 0) is 9.47 Å². The van der Waals surface area contributed by atoms with Crippen LogP contribution in [0.2, 0.25) is 0 Å². The van der Waals surface area contributed by atoms with E-state index in [9.17, 15) is 4.79 Å². The van der Waals surface area contributed by atoms with E-state index in [0.29, 0.717) is 30.3 Å². The smallest absolute Gasteiger partial charge is 0.343 e. The Labute approximate surface area is 185 Å². The summed E-state index contributed by atoms with van der Waals surface area (Å²) in [7, 11) is 1.63. The molecule has 2 atom stereocenters. The van der Waals surface area contributed by atoms with Crippen molar-refractivity contribution in [3.05, 3.63) is 59.7 Å². The summed E-state index contributed by atoms with van der Waals surface area (Å²) in [6, 6.07) is 14.6. The lowest BCUT2D eigenvalue weighted by Crippen LogP contribution is -2.20. The van der Waals surface area contributed by atoms with Crippen molar-refractivity contribution in [2.24, 2.45) is 5.92 Å². The molecule has 2 aromatic rings. The second-order valence-electron chi connectivity index (χ2n) is 8.07. The standard InChI is InChI=1S/C26H34O5/c1-3-4-5-6-20-15-16-30-25(19-20)21-7-9-22(10-8-21)26(27)31-24-13-11-23(12-14-24)29-18-17-28-2/h7-14,20,25H,3-6,15-19H2,1-2H3. The highest BCUT2D eigenvalue weighted by atomic mass is 16.5. The Morgan fingerprint density at radius 1 is 1.00 bits per heavy atom. The van der Waals surface area contributed by atoms with Gasteiger partial charge >= 0.3 is 5.97 Å². The molecule has 0 bridgehead atoms. The molecule has 1 aliphatic heterocycles. The van der Waals surface area contributed by atoms with Crippen LogP contribution in [0.3, 0.4) is 0 Å². The number of carbonyl (C=O) groups is 1. The zero-order valence-electron chi connectivity index (χ0n) is 18.7. The molecule has 0 radical (unpaired) electrons. The number of carbonyl (C=O) groups excluding carboxylic acids is 1. The van der Waals surface area contributed by atoms with E-state index in [1.54, 1.807) is 31.4 Å². The molecule has 0 N–H and O–H groups in total. The van der Waals surface area contributed by atoms with Crippen LogP contribution in [0.1, 0.15) is 67.5 Å². The molecule has 5 heteroatoms. The average molecular weight is 427 g/mol. The predicted molar refractivity (Wildman–Crippen MR) is 121 cm³/mol. The van der Waals surface area contributed by atoms with Crippen molar-refractivity contribution in [2.45, 2.75) is 51.6 Å². The lowest BCUT2D eigenvalue weighted by atomic mass is 9.88. The average Bonchev–Trinajstić information content (AvgIpc) is 2.81. The number of benzene rings is 2. The maximum absolute atomic E-state index is 12.5. The van der Waals surface area contributed by atoms with Crippen LogP contribution >= 0.6 is 0 Å². The molecule has 1 aliphatic rings. The molecule has 1 saturated heterocycles. The molecule has 2 aromatic carbocycles. The first-order valence-electron chi connectivity index (χ1n) is 11.3. The largest absolute Gasteiger partial charge is 0.491 e. The lowest BCUT2D eigenvalue weighted by molar-refractivity contribution is -0.0125. The van der Waals surface area contributed by atoms with Gasteiger partial charge in [0.15, 0.2) is 0 Å². The van der Waals surface area contributed by atoms with Gasteiger partial charge in [0.05, 0.1) is 18.3 Å². The number of hydrogen-bond acceptors (Lipinski definition) is 5. The van der Waals surface area contributed by atoms with Crippen LogP contribution in [0.15, 0.2) is 48.5 Å². The van der Waals surface area contributed by atoms with Gasteiger partial charge in [-0.3, -0.25) is 0 Å². The number of unbranched alkanes of at least 4 members (excludes halogenated alkanes) is 2. The first-order chi connectivity index (χ1) is 15.2. The molecular weight excluding hydrogens is 392 g/mol. The van der Waals surface area contributed by atoms with Gasteiger partial charge in [-0.2, -0.15) is 0 Å². The maximum Gasteiger partial charge on any atom is 0.343 e. The minimum Gasteiger partial charge on any atom is -0.491 e. The molecular formula is C26H34O5. The first-order valence-corrected chi connectivity index (χ1v) is 11.3. The Hall–Kier alpha value is -2.37. The summed E-state index contributed by atoms with van der Waals surface area (Å²) in [6.45, 7) is 4.06. The Balaban J connectivity index is 1.51. The highest BCUT2D eigenvalue weighted by Gasteiger charge is 2.24. The summed E-state index contributed by atoms with van der Waals surface area (Å²) in [5.41, 5.74) is 1.66. The van der Waals surface area contributed by atoms with Crippen molar-refractivity contribution in [1.82, 2.24) is 0 Å². The fourth-order valence-electron chi connectivity index (χ4n) is 3.89. The molecule has 31 heavy (non-hydrogen) atoms. The van der Waals surface area contributed by atoms with Crippen molar-refractivity contribution in [1.29, 1.82) is 0 Å². The van der Waals surface area contributed by atoms with E-state index in [1.165, 1.54) is 25.7 Å². The van der Waals surface area contributed by atoms with Gasteiger partial charge in [-0.1, -0.05) is 44.7 Å². The van der Waals surface area contributed by atoms with Crippen LogP contribution in [0.4, 0.5) is 0 Å². The number of methoxy groups -OCH3 is 1. The molecule has 0 aromatic heterocycles. The van der Waals surface area contributed by atoms with E-state index in [0.717, 1.165) is 30.9 Å². The monoisotopic (exact) mass is 426 g/mol. The second-order valence-corrected chi connectivity index (χ2v) is 8.07. The molecule has 0 aliphatic carbocycles. The molecule has 2 unspecified atom stereocenters. The fraction of sp³-hybridized carbons (Fsp3) is 0.500. The summed E-state index contributed by atoms with van der Waals surface area (Å²) < 4.78 is 22.0. The highest BCUT2D eigenvalue weighted by Crippen LogP contribution is 2.34. The van der Waals surface area contributed by atoms with Gasteiger partial charge in [0, 0.05) is 13.7 Å². The molecule has 5 nitrogen and oxygen atoms in total. The molecule has 168 valence electrons. The van der Waals surface area contributed by atoms with Crippen molar-refractivity contribution in [2.75, 3.05) is 26.9 Å². The van der Waals surface area contributed by atoms with Crippen molar-refractivity contribution in [3.63, 3.8) is 0 Å². The minimum atomic E-state index is -0.374. The Morgan fingerprint density at radius 3 is 2.45 bits per heavy atom. The van der Waals surface area contributed by atoms with Crippen LogP contribution in [0.25, 0.3) is 0 Å². The van der Waals surface area contributed by atoms with Gasteiger partial charge in [0.1, 0.15) is 18.1 Å². The van der Waals surface area contributed by atoms with Gasteiger partial charge in [0.2, 0.25) is 0 Å². The number of ether oxygens (including phenoxy) is 4. The third-order valence-corrected chi connectivity index (χ3v) is 5.72. The van der Waals surface area contributed by atoms with E-state index < -0.39 is 0 Å². The van der Waals surface area contributed by atoms with Crippen LogP contribution < -0.4 is 9.47 Å². The van der Waals surface area contributed by atoms with Gasteiger partial charge in [0.25, 0.3) is 0 Å². The summed E-state index contributed by atoms with van der Waals surface area (Å²) >= 11 is 0. The van der Waals surface area contributed by atoms with Crippen molar-refractivity contribution in [3.8, 4) is 11.5 Å². The normalized spacial score (nSPS) is 18.5. The van der Waals surface area contributed by atoms with Crippen LogP contribution in [0.5, 0.6) is 11.5 Å². The first kappa shape index (κ1) is 23.3. The number of hydrogen-bond donors (Lipinski definition) is 0. The van der Waals surface area contributed by atoms with Gasteiger partial charge in [-0.05, 0) is 60.7 Å². The van der Waals surface area contributed by atoms with E-state index in [2.05, 4.69) is 6.92 Å². The van der Waals surface area contributed by atoms with Crippen LogP contribution in [0, 0.1) is 5.92 Å². The maximum atomic E-state index is 12.5. The Kier molecular flexibility index (Phi) is 9.38. The Bertz CT molecular complexity index is 784. The molecule has 3 rings (SSSR count). The molecule has 0 amide bonds. The van der Waals surface area contributed by atoms with Gasteiger partial charge in [-0.25, -0.2) is 4.79 Å². The SMILES string of the molecule is CCCCCC1CCOC(c2ccc(C(=O)Oc3ccc(OCCOC)cc3)cc2)C1. The van der Waals surface area contributed by atoms with E-state index in [1.807, 2.05) is 24.3 Å². The highest BCUT2D eigenvalue weighted by molar-refractivity contribution is 5.91. The second kappa shape index (κ2) is 12.5. The molecule has 0 saturated carbocycles. The Morgan fingerprint density at radius 2 is 1.74 bits per heavy atom. The van der Waals surface area contributed by atoms with Gasteiger partial charge < -0.3 is 18.9 Å². The quantitative estimate of drug-likeness (QED) is 0.251. The predicted octanol–water partition coefficient (Wildman–Crippen LogP) is 5.98. The third-order valence-electron chi connectivity index (χ3n) is 5.72. The van der Waals surface area contributed by atoms with E-state index in [-0.39, 0.29) is 12.1 Å². The summed E-state index contributed by atoms with van der Waals surface area (Å²) in [4.78, 5) is 12.5. The molecule has 1 heterocycles. The zero-order chi connectivity index (χ0) is 21.9. The van der Waals surface area contributed by atoms with E-state index in [4.69, 9.17) is 18.9 Å². The summed E-state index contributed by atoms with van der Waals surface area (Å²) in [5, 5.41) is 0.